The first kappa shape index (κ1) is 14.2. The van der Waals surface area contributed by atoms with Crippen molar-refractivity contribution in [2.75, 3.05) is 18.0 Å². The third-order valence-corrected chi connectivity index (χ3v) is 3.33. The Labute approximate surface area is 115 Å². The summed E-state index contributed by atoms with van der Waals surface area (Å²) >= 11 is 0. The van der Waals surface area contributed by atoms with Crippen LogP contribution in [0.5, 0.6) is 0 Å². The van der Waals surface area contributed by atoms with Gasteiger partial charge in [-0.1, -0.05) is 13.8 Å². The second-order valence-corrected chi connectivity index (χ2v) is 5.58. The zero-order valence-electron chi connectivity index (χ0n) is 12.3. The molecule has 0 bridgehead atoms. The van der Waals surface area contributed by atoms with Crippen molar-refractivity contribution in [3.63, 3.8) is 0 Å². The molecule has 0 aliphatic carbocycles. The van der Waals surface area contributed by atoms with Crippen molar-refractivity contribution >= 4 is 5.69 Å². The molecule has 0 aromatic carbocycles. The van der Waals surface area contributed by atoms with Gasteiger partial charge in [-0.2, -0.15) is 0 Å². The molecule has 0 spiro atoms. The molecule has 5 nitrogen and oxygen atoms in total. The van der Waals surface area contributed by atoms with Gasteiger partial charge in [0.15, 0.2) is 0 Å². The quantitative estimate of drug-likeness (QED) is 0.899. The van der Waals surface area contributed by atoms with Gasteiger partial charge in [0.2, 0.25) is 0 Å². The van der Waals surface area contributed by atoms with Crippen LogP contribution in [0.4, 0.5) is 5.69 Å². The fourth-order valence-corrected chi connectivity index (χ4v) is 2.49. The van der Waals surface area contributed by atoms with Crippen LogP contribution in [-0.2, 0) is 11.3 Å². The van der Waals surface area contributed by atoms with Gasteiger partial charge in [0.05, 0.1) is 29.8 Å². The molecule has 2 rings (SSSR count). The highest BCUT2D eigenvalue weighted by Gasteiger charge is 2.24. The molecule has 106 valence electrons. The normalized spacial score (nSPS) is 24.0. The molecule has 0 amide bonds. The first-order chi connectivity index (χ1) is 9.01. The van der Waals surface area contributed by atoms with E-state index in [1.807, 2.05) is 6.20 Å². The van der Waals surface area contributed by atoms with E-state index in [4.69, 9.17) is 10.5 Å². The van der Waals surface area contributed by atoms with Gasteiger partial charge in [-0.05, 0) is 13.8 Å². The molecule has 1 fully saturated rings. The minimum absolute atomic E-state index is 0.221. The summed E-state index contributed by atoms with van der Waals surface area (Å²) < 4.78 is 5.76. The Bertz CT molecular complexity index is 425. The molecule has 1 saturated heterocycles. The van der Waals surface area contributed by atoms with Crippen molar-refractivity contribution in [3.8, 4) is 0 Å². The first-order valence-corrected chi connectivity index (χ1v) is 6.97. The summed E-state index contributed by atoms with van der Waals surface area (Å²) in [4.78, 5) is 11.3. The summed E-state index contributed by atoms with van der Waals surface area (Å²) in [6.45, 7) is 10.5. The van der Waals surface area contributed by atoms with E-state index in [0.29, 0.717) is 12.5 Å². The van der Waals surface area contributed by atoms with Crippen LogP contribution in [0.2, 0.25) is 0 Å². The third-order valence-electron chi connectivity index (χ3n) is 3.33. The van der Waals surface area contributed by atoms with Gasteiger partial charge in [-0.15, -0.1) is 0 Å². The molecule has 1 aromatic rings. The van der Waals surface area contributed by atoms with Crippen molar-refractivity contribution in [3.05, 3.63) is 17.7 Å². The van der Waals surface area contributed by atoms with Gasteiger partial charge < -0.3 is 15.4 Å². The maximum absolute atomic E-state index is 5.85. The Morgan fingerprint density at radius 1 is 1.37 bits per heavy atom. The molecular weight excluding hydrogens is 240 g/mol. The minimum Gasteiger partial charge on any atom is -0.372 e. The standard InChI is InChI=1S/C14H24N4O/c1-9(2)14-16-6-13(12(5-15)17-14)18-7-10(3)19-11(4)8-18/h6,9-11H,5,7-8,15H2,1-4H3/t10-,11+. The zero-order chi connectivity index (χ0) is 14.0. The molecule has 5 heteroatoms. The van der Waals surface area contributed by atoms with Gasteiger partial charge >= 0.3 is 0 Å². The number of anilines is 1. The second kappa shape index (κ2) is 5.84. The summed E-state index contributed by atoms with van der Waals surface area (Å²) in [5.41, 5.74) is 7.83. The van der Waals surface area contributed by atoms with Gasteiger partial charge in [-0.3, -0.25) is 0 Å². The average molecular weight is 264 g/mol. The van der Waals surface area contributed by atoms with E-state index in [-0.39, 0.29) is 12.2 Å². The summed E-state index contributed by atoms with van der Waals surface area (Å²) in [5.74, 6) is 1.18. The molecule has 2 heterocycles. The maximum atomic E-state index is 5.85. The highest BCUT2D eigenvalue weighted by molar-refractivity contribution is 5.49. The van der Waals surface area contributed by atoms with E-state index in [9.17, 15) is 0 Å². The van der Waals surface area contributed by atoms with E-state index in [0.717, 1.165) is 30.3 Å². The number of nitrogens with two attached hydrogens (primary N) is 1. The van der Waals surface area contributed by atoms with Crippen LogP contribution in [0.3, 0.4) is 0 Å². The molecule has 1 aliphatic rings. The molecule has 2 N–H and O–H groups in total. The first-order valence-electron chi connectivity index (χ1n) is 6.97. The number of hydrogen-bond donors (Lipinski definition) is 1. The van der Waals surface area contributed by atoms with Crippen LogP contribution in [-0.4, -0.2) is 35.3 Å². The molecule has 0 saturated carbocycles. The van der Waals surface area contributed by atoms with Gasteiger partial charge in [-0.25, -0.2) is 9.97 Å². The van der Waals surface area contributed by atoms with Crippen molar-refractivity contribution in [1.82, 2.24) is 9.97 Å². The molecule has 0 unspecified atom stereocenters. The average Bonchev–Trinajstić information content (AvgIpc) is 2.36. The molecule has 1 aliphatic heterocycles. The second-order valence-electron chi connectivity index (χ2n) is 5.58. The third kappa shape index (κ3) is 3.22. The van der Waals surface area contributed by atoms with E-state index in [2.05, 4.69) is 42.6 Å². The zero-order valence-corrected chi connectivity index (χ0v) is 12.3. The lowest BCUT2D eigenvalue weighted by atomic mass is 10.1. The molecule has 0 radical (unpaired) electrons. The number of rotatable bonds is 3. The Morgan fingerprint density at radius 3 is 2.53 bits per heavy atom. The van der Waals surface area contributed by atoms with Crippen molar-refractivity contribution < 1.29 is 4.74 Å². The lowest BCUT2D eigenvalue weighted by molar-refractivity contribution is -0.00530. The molecular formula is C14H24N4O. The maximum Gasteiger partial charge on any atom is 0.131 e. The number of nitrogens with zero attached hydrogens (tertiary/aromatic N) is 3. The number of hydrogen-bond acceptors (Lipinski definition) is 5. The van der Waals surface area contributed by atoms with Gasteiger partial charge in [0, 0.05) is 25.6 Å². The molecule has 2 atom stereocenters. The Kier molecular flexibility index (Phi) is 4.37. The SMILES string of the molecule is CC(C)c1ncc(N2C[C@@H](C)O[C@@H](C)C2)c(CN)n1. The van der Waals surface area contributed by atoms with Crippen LogP contribution < -0.4 is 10.6 Å². The summed E-state index contributed by atoms with van der Waals surface area (Å²) in [5, 5.41) is 0. The monoisotopic (exact) mass is 264 g/mol. The van der Waals surface area contributed by atoms with Crippen molar-refractivity contribution in [2.45, 2.75) is 52.4 Å². The predicted octanol–water partition coefficient (Wildman–Crippen LogP) is 1.67. The minimum atomic E-state index is 0.221. The van der Waals surface area contributed by atoms with Crippen LogP contribution in [0, 0.1) is 0 Å². The molecule has 19 heavy (non-hydrogen) atoms. The van der Waals surface area contributed by atoms with E-state index in [1.165, 1.54) is 0 Å². The highest BCUT2D eigenvalue weighted by Crippen LogP contribution is 2.23. The summed E-state index contributed by atoms with van der Waals surface area (Å²) in [6, 6.07) is 0. The predicted molar refractivity (Wildman–Crippen MR) is 76.2 cm³/mol. The summed E-state index contributed by atoms with van der Waals surface area (Å²) in [6.07, 6.45) is 2.35. The van der Waals surface area contributed by atoms with Gasteiger partial charge in [0.1, 0.15) is 5.82 Å². The van der Waals surface area contributed by atoms with Gasteiger partial charge in [0.25, 0.3) is 0 Å². The largest absolute Gasteiger partial charge is 0.372 e. The summed E-state index contributed by atoms with van der Waals surface area (Å²) in [7, 11) is 0. The molecule has 1 aromatic heterocycles. The number of ether oxygens (including phenoxy) is 1. The van der Waals surface area contributed by atoms with Crippen LogP contribution in [0.15, 0.2) is 6.20 Å². The Balaban J connectivity index is 2.28. The fourth-order valence-electron chi connectivity index (χ4n) is 2.49. The Morgan fingerprint density at radius 2 is 2.00 bits per heavy atom. The lowest BCUT2D eigenvalue weighted by Crippen LogP contribution is -2.46. The lowest BCUT2D eigenvalue weighted by Gasteiger charge is -2.37. The number of morpholine rings is 1. The van der Waals surface area contributed by atoms with Crippen molar-refractivity contribution in [2.24, 2.45) is 5.73 Å². The van der Waals surface area contributed by atoms with E-state index >= 15 is 0 Å². The van der Waals surface area contributed by atoms with E-state index < -0.39 is 0 Å². The topological polar surface area (TPSA) is 64.3 Å². The van der Waals surface area contributed by atoms with Crippen LogP contribution in [0.1, 0.15) is 45.1 Å². The van der Waals surface area contributed by atoms with Crippen LogP contribution in [0.25, 0.3) is 0 Å². The Hall–Kier alpha value is -1.20. The van der Waals surface area contributed by atoms with E-state index in [1.54, 1.807) is 0 Å². The number of aromatic nitrogens is 2. The fraction of sp³-hybridized carbons (Fsp3) is 0.714. The highest BCUT2D eigenvalue weighted by atomic mass is 16.5. The smallest absolute Gasteiger partial charge is 0.131 e. The van der Waals surface area contributed by atoms with Crippen molar-refractivity contribution in [1.29, 1.82) is 0 Å². The van der Waals surface area contributed by atoms with Crippen LogP contribution >= 0.6 is 0 Å².